The Hall–Kier alpha value is -1.67. The van der Waals surface area contributed by atoms with Crippen LogP contribution in [0.2, 0.25) is 0 Å². The van der Waals surface area contributed by atoms with Crippen LogP contribution in [0.25, 0.3) is 0 Å². The van der Waals surface area contributed by atoms with E-state index < -0.39 is 23.0 Å². The van der Waals surface area contributed by atoms with Crippen LogP contribution >= 0.6 is 11.8 Å². The zero-order valence-corrected chi connectivity index (χ0v) is 24.3. The summed E-state index contributed by atoms with van der Waals surface area (Å²) in [5, 5.41) is 15.0. The van der Waals surface area contributed by atoms with E-state index in [1.807, 2.05) is 25.1 Å². The molecule has 6 nitrogen and oxygen atoms in total. The highest BCUT2D eigenvalue weighted by atomic mass is 32.2. The fourth-order valence-corrected chi connectivity index (χ4v) is 8.68. The van der Waals surface area contributed by atoms with E-state index in [1.54, 1.807) is 0 Å². The van der Waals surface area contributed by atoms with Gasteiger partial charge in [-0.05, 0) is 60.6 Å². The summed E-state index contributed by atoms with van der Waals surface area (Å²) in [6.45, 7) is 14.7. The fourth-order valence-electron chi connectivity index (χ4n) is 7.92. The van der Waals surface area contributed by atoms with Gasteiger partial charge in [0, 0.05) is 47.7 Å². The average molecular weight is 543 g/mol. The molecule has 8 atom stereocenters. The van der Waals surface area contributed by atoms with Gasteiger partial charge in [-0.15, -0.1) is 18.3 Å². The van der Waals surface area contributed by atoms with E-state index in [-0.39, 0.29) is 40.7 Å². The fraction of sp³-hybridized carbons (Fsp3) is 0.677. The molecule has 0 aliphatic heterocycles. The molecule has 2 bridgehead atoms. The summed E-state index contributed by atoms with van der Waals surface area (Å²) < 4.78 is 6.35. The number of Topliss-reactive ketones (excluding diaryl/α,β-unsaturated/α-hetero) is 1. The summed E-state index contributed by atoms with van der Waals surface area (Å²) in [4.78, 5) is 27.9. The molecule has 3 aliphatic carbocycles. The first-order valence-electron chi connectivity index (χ1n) is 14.2. The summed E-state index contributed by atoms with van der Waals surface area (Å²) in [5.41, 5.74) is 5.34. The summed E-state index contributed by atoms with van der Waals surface area (Å²) in [6.07, 6.45) is 4.41. The summed E-state index contributed by atoms with van der Waals surface area (Å²) in [5.74, 6) is 0.164. The maximum atomic E-state index is 13.5. The Balaban J connectivity index is 1.58. The minimum Gasteiger partial charge on any atom is -0.461 e. The average Bonchev–Trinajstić information content (AvgIpc) is 3.26. The number of hydrogen-bond acceptors (Lipinski definition) is 7. The van der Waals surface area contributed by atoms with Crippen molar-refractivity contribution in [3.8, 4) is 0 Å². The van der Waals surface area contributed by atoms with Gasteiger partial charge in [-0.2, -0.15) is 0 Å². The number of rotatable bonds is 9. The molecule has 0 radical (unpaired) electrons. The molecule has 38 heavy (non-hydrogen) atoms. The normalized spacial score (nSPS) is 38.7. The number of nitrogens with one attached hydrogen (secondary N) is 1. The second kappa shape index (κ2) is 11.4. The van der Waals surface area contributed by atoms with Crippen LogP contribution in [0.5, 0.6) is 0 Å². The number of ether oxygens (including phenoxy) is 1. The minimum absolute atomic E-state index is 0.0346. The van der Waals surface area contributed by atoms with E-state index in [4.69, 9.17) is 10.5 Å². The lowest BCUT2D eigenvalue weighted by molar-refractivity contribution is -0.205. The topological polar surface area (TPSA) is 102 Å². The standard InChI is InChI=1S/C31H46N2O4S/c1-6-29(4)17-25(37-26(35)19-38-23-9-7-8-22(16-23)18-33-15-14-32)30(5)20(2)10-12-31(21(3)28(29)36)13-11-24(34)27(30)31/h6-9,16,20-21,25,27-28,33,36H,1,10-15,17-19,32H2,2-5H3/t20?,21-,25+,27?,28-,29+,30-,31?/m0/s1. The van der Waals surface area contributed by atoms with Crippen molar-refractivity contribution >= 4 is 23.5 Å². The van der Waals surface area contributed by atoms with Crippen molar-refractivity contribution in [2.75, 3.05) is 18.8 Å². The molecule has 0 spiro atoms. The lowest BCUT2D eigenvalue weighted by Gasteiger charge is -2.61. The number of aliphatic hydroxyl groups excluding tert-OH is 1. The molecule has 210 valence electrons. The second-order valence-corrected chi connectivity index (χ2v) is 13.5. The number of esters is 1. The van der Waals surface area contributed by atoms with E-state index in [9.17, 15) is 14.7 Å². The number of carbonyl (C=O) groups excluding carboxylic acids is 2. The first kappa shape index (κ1) is 29.3. The zero-order chi connectivity index (χ0) is 27.7. The molecule has 0 saturated heterocycles. The third-order valence-electron chi connectivity index (χ3n) is 10.5. The van der Waals surface area contributed by atoms with Gasteiger partial charge in [0.2, 0.25) is 0 Å². The van der Waals surface area contributed by atoms with Crippen molar-refractivity contribution in [2.45, 2.75) is 83.4 Å². The van der Waals surface area contributed by atoms with Crippen LogP contribution in [0.15, 0.2) is 41.8 Å². The van der Waals surface area contributed by atoms with E-state index in [0.717, 1.165) is 42.8 Å². The predicted octanol–water partition coefficient (Wildman–Crippen LogP) is 4.73. The minimum atomic E-state index is -0.655. The molecule has 7 heteroatoms. The molecule has 4 N–H and O–H groups in total. The Morgan fingerprint density at radius 3 is 2.79 bits per heavy atom. The second-order valence-electron chi connectivity index (χ2n) is 12.5. The summed E-state index contributed by atoms with van der Waals surface area (Å²) >= 11 is 1.46. The van der Waals surface area contributed by atoms with Gasteiger partial charge in [0.15, 0.2) is 0 Å². The Kier molecular flexibility index (Phi) is 8.83. The smallest absolute Gasteiger partial charge is 0.316 e. The third kappa shape index (κ3) is 5.12. The summed E-state index contributed by atoms with van der Waals surface area (Å²) in [6, 6.07) is 8.14. The molecule has 1 aromatic carbocycles. The highest BCUT2D eigenvalue weighted by Gasteiger charge is 2.68. The number of hydrogen-bond donors (Lipinski definition) is 3. The Bertz CT molecular complexity index is 1050. The van der Waals surface area contributed by atoms with Crippen LogP contribution in [-0.4, -0.2) is 47.9 Å². The molecule has 1 aromatic rings. The highest BCUT2D eigenvalue weighted by Crippen LogP contribution is 2.68. The zero-order valence-electron chi connectivity index (χ0n) is 23.5. The maximum absolute atomic E-state index is 13.5. The van der Waals surface area contributed by atoms with Crippen molar-refractivity contribution in [2.24, 2.45) is 39.7 Å². The van der Waals surface area contributed by atoms with E-state index in [0.29, 0.717) is 19.4 Å². The van der Waals surface area contributed by atoms with Gasteiger partial charge in [0.05, 0.1) is 11.9 Å². The summed E-state index contributed by atoms with van der Waals surface area (Å²) in [7, 11) is 0. The maximum Gasteiger partial charge on any atom is 0.316 e. The van der Waals surface area contributed by atoms with Crippen molar-refractivity contribution in [1.29, 1.82) is 0 Å². The largest absolute Gasteiger partial charge is 0.461 e. The number of carbonyl (C=O) groups is 2. The molecule has 4 rings (SSSR count). The molecule has 3 fully saturated rings. The van der Waals surface area contributed by atoms with Crippen LogP contribution in [0, 0.1) is 34.0 Å². The van der Waals surface area contributed by atoms with Gasteiger partial charge in [-0.1, -0.05) is 45.9 Å². The number of nitrogens with two attached hydrogens (primary N) is 1. The molecule has 0 heterocycles. The lowest BCUT2D eigenvalue weighted by atomic mass is 9.44. The van der Waals surface area contributed by atoms with Gasteiger partial charge in [0.1, 0.15) is 11.9 Å². The monoisotopic (exact) mass is 542 g/mol. The Labute approximate surface area is 232 Å². The first-order valence-corrected chi connectivity index (χ1v) is 15.2. The van der Waals surface area contributed by atoms with Crippen LogP contribution in [0.3, 0.4) is 0 Å². The highest BCUT2D eigenvalue weighted by molar-refractivity contribution is 8.00. The van der Waals surface area contributed by atoms with Gasteiger partial charge < -0.3 is 20.9 Å². The van der Waals surface area contributed by atoms with Crippen LogP contribution in [-0.2, 0) is 20.9 Å². The third-order valence-corrected chi connectivity index (χ3v) is 11.4. The van der Waals surface area contributed by atoms with Crippen LogP contribution in [0.1, 0.15) is 65.4 Å². The molecule has 3 unspecified atom stereocenters. The lowest BCUT2D eigenvalue weighted by Crippen LogP contribution is -2.63. The Morgan fingerprint density at radius 1 is 1.32 bits per heavy atom. The predicted molar refractivity (Wildman–Crippen MR) is 153 cm³/mol. The molecule has 0 aromatic heterocycles. The number of aliphatic hydroxyl groups is 1. The van der Waals surface area contributed by atoms with Gasteiger partial charge in [0.25, 0.3) is 0 Å². The quantitative estimate of drug-likeness (QED) is 0.179. The molecule has 0 amide bonds. The SMILES string of the molecule is C=C[C@]1(C)C[C@@H](OC(=O)CSc2cccc(CNCCN)c2)[C@]2(C)C(C)CCC3(CCC(=O)C32)[C@@H](C)[C@@H]1O. The number of thioether (sulfide) groups is 1. The van der Waals surface area contributed by atoms with E-state index >= 15 is 0 Å². The van der Waals surface area contributed by atoms with E-state index in [1.165, 1.54) is 11.8 Å². The van der Waals surface area contributed by atoms with E-state index in [2.05, 4.69) is 44.8 Å². The first-order chi connectivity index (χ1) is 18.0. The van der Waals surface area contributed by atoms with Crippen LogP contribution < -0.4 is 11.1 Å². The van der Waals surface area contributed by atoms with Gasteiger partial charge in [-0.25, -0.2) is 0 Å². The van der Waals surface area contributed by atoms with Crippen molar-refractivity contribution in [3.63, 3.8) is 0 Å². The molecule has 3 saturated carbocycles. The number of ketones is 1. The van der Waals surface area contributed by atoms with Crippen molar-refractivity contribution in [3.05, 3.63) is 42.5 Å². The van der Waals surface area contributed by atoms with Gasteiger partial charge >= 0.3 is 5.97 Å². The molecular weight excluding hydrogens is 496 g/mol. The van der Waals surface area contributed by atoms with Gasteiger partial charge in [-0.3, -0.25) is 9.59 Å². The van der Waals surface area contributed by atoms with Crippen LogP contribution in [0.4, 0.5) is 0 Å². The van der Waals surface area contributed by atoms with Crippen molar-refractivity contribution < 1.29 is 19.4 Å². The molecular formula is C31H46N2O4S. The molecule has 3 aliphatic rings. The number of benzene rings is 1. The van der Waals surface area contributed by atoms with Crippen molar-refractivity contribution in [1.82, 2.24) is 5.32 Å². The Morgan fingerprint density at radius 2 is 2.08 bits per heavy atom.